The van der Waals surface area contributed by atoms with E-state index < -0.39 is 0 Å². The predicted molar refractivity (Wildman–Crippen MR) is 69.2 cm³/mol. The number of rotatable bonds is 2. The van der Waals surface area contributed by atoms with Gasteiger partial charge < -0.3 is 5.73 Å². The van der Waals surface area contributed by atoms with Crippen molar-refractivity contribution in [2.75, 3.05) is 0 Å². The summed E-state index contributed by atoms with van der Waals surface area (Å²) >= 11 is 0. The van der Waals surface area contributed by atoms with E-state index in [9.17, 15) is 4.39 Å². The first kappa shape index (κ1) is 11.8. The molecule has 2 N–H and O–H groups in total. The highest BCUT2D eigenvalue weighted by molar-refractivity contribution is 5.65. The van der Waals surface area contributed by atoms with E-state index in [0.29, 0.717) is 5.56 Å². The molecule has 2 aromatic rings. The molecule has 0 aliphatic rings. The molecule has 0 fully saturated rings. The van der Waals surface area contributed by atoms with Crippen LogP contribution in [0, 0.1) is 12.7 Å². The third-order valence-corrected chi connectivity index (χ3v) is 2.95. The van der Waals surface area contributed by atoms with Crippen LogP contribution in [0.3, 0.4) is 0 Å². The Bertz CT molecular complexity index is 532. The number of nitrogens with two attached hydrogens (primary N) is 1. The molecule has 0 heterocycles. The Hall–Kier alpha value is -1.67. The van der Waals surface area contributed by atoms with E-state index in [4.69, 9.17) is 5.73 Å². The SMILES string of the molecule is Cc1ccc(-c2ccccc2F)cc1C(C)N. The Morgan fingerprint density at radius 2 is 1.82 bits per heavy atom. The molecule has 0 bridgehead atoms. The highest BCUT2D eigenvalue weighted by atomic mass is 19.1. The zero-order valence-corrected chi connectivity index (χ0v) is 10.1. The van der Waals surface area contributed by atoms with Gasteiger partial charge in [0.25, 0.3) is 0 Å². The lowest BCUT2D eigenvalue weighted by Crippen LogP contribution is -2.07. The minimum Gasteiger partial charge on any atom is -0.324 e. The van der Waals surface area contributed by atoms with E-state index in [1.807, 2.05) is 38.1 Å². The van der Waals surface area contributed by atoms with Gasteiger partial charge in [0.1, 0.15) is 5.82 Å². The lowest BCUT2D eigenvalue weighted by Gasteiger charge is -2.12. The fourth-order valence-electron chi connectivity index (χ4n) is 1.99. The predicted octanol–water partition coefficient (Wildman–Crippen LogP) is 3.82. The summed E-state index contributed by atoms with van der Waals surface area (Å²) in [6.07, 6.45) is 0. The van der Waals surface area contributed by atoms with Gasteiger partial charge in [-0.05, 0) is 42.7 Å². The van der Waals surface area contributed by atoms with Crippen molar-refractivity contribution in [1.82, 2.24) is 0 Å². The second-order valence-corrected chi connectivity index (χ2v) is 4.34. The van der Waals surface area contributed by atoms with Crippen molar-refractivity contribution in [3.8, 4) is 11.1 Å². The van der Waals surface area contributed by atoms with Crippen LogP contribution in [0.5, 0.6) is 0 Å². The zero-order valence-electron chi connectivity index (χ0n) is 10.1. The molecule has 0 amide bonds. The second-order valence-electron chi connectivity index (χ2n) is 4.34. The van der Waals surface area contributed by atoms with Crippen LogP contribution in [-0.2, 0) is 0 Å². The molecule has 0 aliphatic carbocycles. The molecule has 1 unspecified atom stereocenters. The summed E-state index contributed by atoms with van der Waals surface area (Å²) in [5, 5.41) is 0. The normalized spacial score (nSPS) is 12.5. The molecule has 0 saturated carbocycles. The fraction of sp³-hybridized carbons (Fsp3) is 0.200. The van der Waals surface area contributed by atoms with E-state index in [0.717, 1.165) is 16.7 Å². The second kappa shape index (κ2) is 4.68. The summed E-state index contributed by atoms with van der Waals surface area (Å²) in [5.41, 5.74) is 9.60. The summed E-state index contributed by atoms with van der Waals surface area (Å²) in [7, 11) is 0. The molecule has 17 heavy (non-hydrogen) atoms. The lowest BCUT2D eigenvalue weighted by molar-refractivity contribution is 0.631. The molecule has 88 valence electrons. The van der Waals surface area contributed by atoms with Gasteiger partial charge in [-0.15, -0.1) is 0 Å². The molecular formula is C15H16FN. The van der Waals surface area contributed by atoms with Crippen molar-refractivity contribution in [2.24, 2.45) is 5.73 Å². The minimum absolute atomic E-state index is 0.0401. The van der Waals surface area contributed by atoms with Crippen molar-refractivity contribution in [2.45, 2.75) is 19.9 Å². The first-order chi connectivity index (χ1) is 8.09. The first-order valence-electron chi connectivity index (χ1n) is 5.70. The average molecular weight is 229 g/mol. The number of hydrogen-bond donors (Lipinski definition) is 1. The maximum absolute atomic E-state index is 13.7. The molecule has 0 aromatic heterocycles. The van der Waals surface area contributed by atoms with Crippen molar-refractivity contribution in [1.29, 1.82) is 0 Å². The topological polar surface area (TPSA) is 26.0 Å². The van der Waals surface area contributed by atoms with Gasteiger partial charge in [-0.3, -0.25) is 0 Å². The van der Waals surface area contributed by atoms with Gasteiger partial charge in [-0.2, -0.15) is 0 Å². The Labute approximate surface area is 101 Å². The standard InChI is InChI=1S/C15H16FN/c1-10-7-8-12(9-14(10)11(2)17)13-5-3-4-6-15(13)16/h3-9,11H,17H2,1-2H3. The van der Waals surface area contributed by atoms with Gasteiger partial charge in [-0.25, -0.2) is 4.39 Å². The van der Waals surface area contributed by atoms with E-state index in [1.165, 1.54) is 6.07 Å². The molecule has 1 nitrogen and oxygen atoms in total. The fourth-order valence-corrected chi connectivity index (χ4v) is 1.99. The number of hydrogen-bond acceptors (Lipinski definition) is 1. The van der Waals surface area contributed by atoms with Crippen molar-refractivity contribution < 1.29 is 4.39 Å². The van der Waals surface area contributed by atoms with Crippen LogP contribution >= 0.6 is 0 Å². The molecule has 1 atom stereocenters. The molecular weight excluding hydrogens is 213 g/mol. The van der Waals surface area contributed by atoms with Crippen LogP contribution in [0.2, 0.25) is 0 Å². The molecule has 2 rings (SSSR count). The summed E-state index contributed by atoms with van der Waals surface area (Å²) in [6, 6.07) is 12.6. The number of halogens is 1. The molecule has 0 saturated heterocycles. The van der Waals surface area contributed by atoms with Crippen LogP contribution in [0.1, 0.15) is 24.1 Å². The van der Waals surface area contributed by atoms with Crippen LogP contribution in [0.4, 0.5) is 4.39 Å². The van der Waals surface area contributed by atoms with Gasteiger partial charge in [0, 0.05) is 11.6 Å². The van der Waals surface area contributed by atoms with E-state index in [-0.39, 0.29) is 11.9 Å². The van der Waals surface area contributed by atoms with E-state index in [1.54, 1.807) is 12.1 Å². The maximum Gasteiger partial charge on any atom is 0.131 e. The Balaban J connectivity index is 2.54. The van der Waals surface area contributed by atoms with Gasteiger partial charge in [0.2, 0.25) is 0 Å². The average Bonchev–Trinajstić information content (AvgIpc) is 2.30. The van der Waals surface area contributed by atoms with Crippen LogP contribution in [0.25, 0.3) is 11.1 Å². The molecule has 0 radical (unpaired) electrons. The van der Waals surface area contributed by atoms with Crippen LogP contribution in [0.15, 0.2) is 42.5 Å². The third kappa shape index (κ3) is 2.37. The minimum atomic E-state index is -0.202. The summed E-state index contributed by atoms with van der Waals surface area (Å²) in [5.74, 6) is -0.202. The quantitative estimate of drug-likeness (QED) is 0.832. The zero-order chi connectivity index (χ0) is 12.4. The molecule has 0 spiro atoms. The summed E-state index contributed by atoms with van der Waals surface area (Å²) in [6.45, 7) is 3.96. The van der Waals surface area contributed by atoms with Gasteiger partial charge in [0.05, 0.1) is 0 Å². The monoisotopic (exact) mass is 229 g/mol. The van der Waals surface area contributed by atoms with Gasteiger partial charge >= 0.3 is 0 Å². The Morgan fingerprint density at radius 3 is 2.47 bits per heavy atom. The van der Waals surface area contributed by atoms with Crippen molar-refractivity contribution >= 4 is 0 Å². The smallest absolute Gasteiger partial charge is 0.131 e. The van der Waals surface area contributed by atoms with Crippen LogP contribution in [-0.4, -0.2) is 0 Å². The molecule has 2 aromatic carbocycles. The number of aryl methyl sites for hydroxylation is 1. The van der Waals surface area contributed by atoms with Crippen molar-refractivity contribution in [3.63, 3.8) is 0 Å². The van der Waals surface area contributed by atoms with E-state index >= 15 is 0 Å². The number of benzene rings is 2. The van der Waals surface area contributed by atoms with Gasteiger partial charge in [-0.1, -0.05) is 30.3 Å². The summed E-state index contributed by atoms with van der Waals surface area (Å²) in [4.78, 5) is 0. The summed E-state index contributed by atoms with van der Waals surface area (Å²) < 4.78 is 13.7. The van der Waals surface area contributed by atoms with Crippen molar-refractivity contribution in [3.05, 3.63) is 59.4 Å². The largest absolute Gasteiger partial charge is 0.324 e. The Kier molecular flexibility index (Phi) is 3.25. The Morgan fingerprint density at radius 1 is 1.12 bits per heavy atom. The third-order valence-electron chi connectivity index (χ3n) is 2.95. The van der Waals surface area contributed by atoms with E-state index in [2.05, 4.69) is 0 Å². The van der Waals surface area contributed by atoms with Crippen LogP contribution < -0.4 is 5.73 Å². The first-order valence-corrected chi connectivity index (χ1v) is 5.70. The maximum atomic E-state index is 13.7. The van der Waals surface area contributed by atoms with Gasteiger partial charge in [0.15, 0.2) is 0 Å². The lowest BCUT2D eigenvalue weighted by atomic mass is 9.96. The highest BCUT2D eigenvalue weighted by Gasteiger charge is 2.08. The highest BCUT2D eigenvalue weighted by Crippen LogP contribution is 2.26. The molecule has 0 aliphatic heterocycles. The molecule has 2 heteroatoms.